The Kier molecular flexibility index (Phi) is 5.63. The number of carbonyl (C=O) groups excluding carboxylic acids is 1. The summed E-state index contributed by atoms with van der Waals surface area (Å²) in [5.74, 6) is 0.163. The molecule has 0 saturated heterocycles. The highest BCUT2D eigenvalue weighted by Gasteiger charge is 2.10. The maximum atomic E-state index is 11.3. The van der Waals surface area contributed by atoms with Gasteiger partial charge in [-0.25, -0.2) is 0 Å². The molecular formula is C10H15ClN2O3. The Morgan fingerprint density at radius 1 is 1.56 bits per heavy atom. The van der Waals surface area contributed by atoms with E-state index in [1.165, 1.54) is 19.2 Å². The van der Waals surface area contributed by atoms with E-state index < -0.39 is 6.04 Å². The number of halogens is 1. The van der Waals surface area contributed by atoms with Gasteiger partial charge in [-0.1, -0.05) is 0 Å². The van der Waals surface area contributed by atoms with Crippen molar-refractivity contribution in [3.05, 3.63) is 18.2 Å². The van der Waals surface area contributed by atoms with Crippen LogP contribution in [0.1, 0.15) is 6.92 Å². The Bertz CT molecular complexity index is 369. The number of phenolic OH excluding ortho intramolecular Hbond substituents is 1. The molecule has 6 heteroatoms. The molecular weight excluding hydrogens is 232 g/mol. The number of hydrogen-bond acceptors (Lipinski definition) is 4. The fourth-order valence-corrected chi connectivity index (χ4v) is 0.989. The second-order valence-corrected chi connectivity index (χ2v) is 3.16. The van der Waals surface area contributed by atoms with Gasteiger partial charge in [-0.15, -0.1) is 12.4 Å². The lowest BCUT2D eigenvalue weighted by Crippen LogP contribution is -2.32. The lowest BCUT2D eigenvalue weighted by molar-refractivity contribution is -0.117. The quantitative estimate of drug-likeness (QED) is 0.698. The first-order valence-electron chi connectivity index (χ1n) is 4.48. The summed E-state index contributed by atoms with van der Waals surface area (Å²) in [5.41, 5.74) is 5.67. The average molecular weight is 247 g/mol. The number of ether oxygens (including phenoxy) is 1. The number of carbonyl (C=O) groups is 1. The van der Waals surface area contributed by atoms with E-state index in [0.29, 0.717) is 5.75 Å². The number of benzene rings is 1. The fourth-order valence-electron chi connectivity index (χ4n) is 0.989. The van der Waals surface area contributed by atoms with E-state index in [-0.39, 0.29) is 29.8 Å². The number of amides is 1. The number of phenols is 1. The van der Waals surface area contributed by atoms with E-state index in [1.807, 2.05) is 0 Å². The Balaban J connectivity index is 0.00000225. The monoisotopic (exact) mass is 246 g/mol. The summed E-state index contributed by atoms with van der Waals surface area (Å²) in [4.78, 5) is 11.3. The highest BCUT2D eigenvalue weighted by Crippen LogP contribution is 2.27. The zero-order valence-electron chi connectivity index (χ0n) is 9.06. The molecule has 1 amide bonds. The highest BCUT2D eigenvalue weighted by molar-refractivity contribution is 5.95. The molecule has 90 valence electrons. The summed E-state index contributed by atoms with van der Waals surface area (Å²) in [6.07, 6.45) is 0. The van der Waals surface area contributed by atoms with Crippen LogP contribution in [0.4, 0.5) is 5.69 Å². The molecule has 1 atom stereocenters. The molecule has 16 heavy (non-hydrogen) atoms. The third-order valence-electron chi connectivity index (χ3n) is 1.88. The Morgan fingerprint density at radius 3 is 2.69 bits per heavy atom. The normalized spacial score (nSPS) is 11.2. The minimum Gasteiger partial charge on any atom is -0.506 e. The minimum atomic E-state index is -0.629. The second kappa shape index (κ2) is 6.19. The number of hydrogen-bond donors (Lipinski definition) is 3. The van der Waals surface area contributed by atoms with Crippen LogP contribution < -0.4 is 15.8 Å². The maximum Gasteiger partial charge on any atom is 0.241 e. The number of methoxy groups -OCH3 is 1. The van der Waals surface area contributed by atoms with Crippen molar-refractivity contribution in [1.29, 1.82) is 0 Å². The van der Waals surface area contributed by atoms with E-state index >= 15 is 0 Å². The molecule has 5 nitrogen and oxygen atoms in total. The van der Waals surface area contributed by atoms with Gasteiger partial charge in [0.2, 0.25) is 5.91 Å². The van der Waals surface area contributed by atoms with Crippen LogP contribution in [0.5, 0.6) is 11.5 Å². The number of nitrogens with two attached hydrogens (primary N) is 1. The molecule has 0 aromatic heterocycles. The zero-order chi connectivity index (χ0) is 11.4. The fraction of sp³-hybridized carbons (Fsp3) is 0.300. The average Bonchev–Trinajstić information content (AvgIpc) is 2.21. The van der Waals surface area contributed by atoms with E-state index in [0.717, 1.165) is 0 Å². The van der Waals surface area contributed by atoms with Crippen molar-refractivity contribution in [3.8, 4) is 11.5 Å². The summed E-state index contributed by atoms with van der Waals surface area (Å²) in [6, 6.07) is 3.93. The molecule has 1 aromatic rings. The molecule has 0 aliphatic heterocycles. The van der Waals surface area contributed by atoms with Crippen LogP contribution >= 0.6 is 12.4 Å². The molecule has 0 bridgehead atoms. The molecule has 0 fully saturated rings. The summed E-state index contributed by atoms with van der Waals surface area (Å²) in [5, 5.41) is 11.9. The van der Waals surface area contributed by atoms with Gasteiger partial charge in [0, 0.05) is 6.07 Å². The van der Waals surface area contributed by atoms with E-state index in [1.54, 1.807) is 13.0 Å². The third kappa shape index (κ3) is 3.60. The standard InChI is InChI=1S/C10H14N2O3.ClH/c1-6(11)10(14)12-8-5-7(15-2)3-4-9(8)13;/h3-6,13H,11H2,1-2H3,(H,12,14);1H. The van der Waals surface area contributed by atoms with Gasteiger partial charge >= 0.3 is 0 Å². The number of anilines is 1. The zero-order valence-corrected chi connectivity index (χ0v) is 9.88. The van der Waals surface area contributed by atoms with Gasteiger partial charge in [0.15, 0.2) is 0 Å². The van der Waals surface area contributed by atoms with Crippen LogP contribution in [0.15, 0.2) is 18.2 Å². The van der Waals surface area contributed by atoms with Crippen molar-refractivity contribution in [2.45, 2.75) is 13.0 Å². The van der Waals surface area contributed by atoms with E-state index in [9.17, 15) is 9.90 Å². The topological polar surface area (TPSA) is 84.6 Å². The van der Waals surface area contributed by atoms with Crippen molar-refractivity contribution < 1.29 is 14.6 Å². The number of aromatic hydroxyl groups is 1. The summed E-state index contributed by atoms with van der Waals surface area (Å²) in [6.45, 7) is 1.56. The number of rotatable bonds is 3. The van der Waals surface area contributed by atoms with Gasteiger partial charge in [-0.05, 0) is 19.1 Å². The predicted octanol–water partition coefficient (Wildman–Crippen LogP) is 1.11. The first-order chi connectivity index (χ1) is 7.04. The van der Waals surface area contributed by atoms with Gasteiger partial charge in [-0.2, -0.15) is 0 Å². The first-order valence-corrected chi connectivity index (χ1v) is 4.48. The molecule has 4 N–H and O–H groups in total. The Morgan fingerprint density at radius 2 is 2.19 bits per heavy atom. The number of nitrogens with one attached hydrogen (secondary N) is 1. The maximum absolute atomic E-state index is 11.3. The Hall–Kier alpha value is -1.46. The van der Waals surface area contributed by atoms with Crippen LogP contribution in [-0.4, -0.2) is 24.2 Å². The largest absolute Gasteiger partial charge is 0.506 e. The van der Waals surface area contributed by atoms with Crippen molar-refractivity contribution in [2.24, 2.45) is 5.73 Å². The molecule has 1 unspecified atom stereocenters. The predicted molar refractivity (Wildman–Crippen MR) is 64.2 cm³/mol. The van der Waals surface area contributed by atoms with E-state index in [2.05, 4.69) is 5.32 Å². The van der Waals surface area contributed by atoms with Crippen LogP contribution in [0, 0.1) is 0 Å². The molecule has 0 aliphatic rings. The van der Waals surface area contributed by atoms with Crippen LogP contribution in [0.2, 0.25) is 0 Å². The van der Waals surface area contributed by atoms with Gasteiger partial charge in [0.1, 0.15) is 11.5 Å². The summed E-state index contributed by atoms with van der Waals surface area (Å²) in [7, 11) is 1.50. The van der Waals surface area contributed by atoms with Gasteiger partial charge in [0.05, 0.1) is 18.8 Å². The molecule has 0 aliphatic carbocycles. The SMILES string of the molecule is COc1ccc(O)c(NC(=O)C(C)N)c1.Cl. The first kappa shape index (κ1) is 14.5. The second-order valence-electron chi connectivity index (χ2n) is 3.16. The Labute approximate surface area is 100 Å². The van der Waals surface area contributed by atoms with Crippen molar-refractivity contribution in [1.82, 2.24) is 0 Å². The van der Waals surface area contributed by atoms with Crippen molar-refractivity contribution in [2.75, 3.05) is 12.4 Å². The van der Waals surface area contributed by atoms with Gasteiger partial charge < -0.3 is 20.9 Å². The smallest absolute Gasteiger partial charge is 0.241 e. The minimum absolute atomic E-state index is 0. The summed E-state index contributed by atoms with van der Waals surface area (Å²) >= 11 is 0. The molecule has 0 saturated carbocycles. The van der Waals surface area contributed by atoms with Gasteiger partial charge in [-0.3, -0.25) is 4.79 Å². The summed E-state index contributed by atoms with van der Waals surface area (Å²) < 4.78 is 4.96. The van der Waals surface area contributed by atoms with Crippen molar-refractivity contribution in [3.63, 3.8) is 0 Å². The lowest BCUT2D eigenvalue weighted by atomic mass is 10.2. The van der Waals surface area contributed by atoms with Crippen molar-refractivity contribution >= 4 is 24.0 Å². The molecule has 0 radical (unpaired) electrons. The molecule has 1 aromatic carbocycles. The van der Waals surface area contributed by atoms with Gasteiger partial charge in [0.25, 0.3) is 0 Å². The third-order valence-corrected chi connectivity index (χ3v) is 1.88. The van der Waals surface area contributed by atoms with Crippen LogP contribution in [0.3, 0.4) is 0 Å². The lowest BCUT2D eigenvalue weighted by Gasteiger charge is -2.10. The molecule has 0 spiro atoms. The molecule has 0 heterocycles. The van der Waals surface area contributed by atoms with Crippen LogP contribution in [-0.2, 0) is 4.79 Å². The highest BCUT2D eigenvalue weighted by atomic mass is 35.5. The van der Waals surface area contributed by atoms with E-state index in [4.69, 9.17) is 10.5 Å². The van der Waals surface area contributed by atoms with Crippen LogP contribution in [0.25, 0.3) is 0 Å². The molecule has 1 rings (SSSR count).